The van der Waals surface area contributed by atoms with Crippen molar-refractivity contribution in [3.8, 4) is 0 Å². The standard InChI is InChI=1S/C8H7BrCl/c1-2-6-3-7(9)5-8(10)4-6/h2-5H,1H3. The van der Waals surface area contributed by atoms with Gasteiger partial charge in [0.2, 0.25) is 0 Å². The molecule has 0 fully saturated rings. The highest BCUT2D eigenvalue weighted by Gasteiger charge is 1.94. The predicted molar refractivity (Wildman–Crippen MR) is 48.2 cm³/mol. The molecule has 1 radical (unpaired) electrons. The molecule has 0 aliphatic heterocycles. The third-order valence-electron chi connectivity index (χ3n) is 1.22. The fraction of sp³-hybridized carbons (Fsp3) is 0.125. The molecule has 1 aromatic carbocycles. The smallest absolute Gasteiger partial charge is 0.0420 e. The van der Waals surface area contributed by atoms with Crippen LogP contribution in [0.15, 0.2) is 22.7 Å². The van der Waals surface area contributed by atoms with Crippen molar-refractivity contribution in [3.05, 3.63) is 39.7 Å². The molecular weight excluding hydrogens is 211 g/mol. The van der Waals surface area contributed by atoms with Gasteiger partial charge in [-0.1, -0.05) is 34.5 Å². The Morgan fingerprint density at radius 1 is 1.40 bits per heavy atom. The van der Waals surface area contributed by atoms with E-state index in [4.69, 9.17) is 11.6 Å². The summed E-state index contributed by atoms with van der Waals surface area (Å²) >= 11 is 9.13. The molecule has 0 atom stereocenters. The van der Waals surface area contributed by atoms with Crippen molar-refractivity contribution < 1.29 is 0 Å². The van der Waals surface area contributed by atoms with E-state index in [0.717, 1.165) is 15.1 Å². The summed E-state index contributed by atoms with van der Waals surface area (Å²) in [6.07, 6.45) is 2.01. The predicted octanol–water partition coefficient (Wildman–Crippen LogP) is 3.67. The molecule has 0 bridgehead atoms. The molecule has 1 aromatic rings. The maximum atomic E-state index is 5.78. The molecule has 0 aliphatic rings. The van der Waals surface area contributed by atoms with Gasteiger partial charge < -0.3 is 0 Å². The topological polar surface area (TPSA) is 0 Å². The van der Waals surface area contributed by atoms with Crippen molar-refractivity contribution in [3.63, 3.8) is 0 Å². The monoisotopic (exact) mass is 217 g/mol. The van der Waals surface area contributed by atoms with Gasteiger partial charge in [0.25, 0.3) is 0 Å². The highest BCUT2D eigenvalue weighted by molar-refractivity contribution is 9.10. The average molecular weight is 219 g/mol. The molecule has 0 amide bonds. The lowest BCUT2D eigenvalue weighted by Gasteiger charge is -1.97. The Balaban J connectivity index is 3.06. The summed E-state index contributed by atoms with van der Waals surface area (Å²) in [7, 11) is 0. The number of hydrogen-bond acceptors (Lipinski definition) is 0. The van der Waals surface area contributed by atoms with E-state index in [1.807, 2.05) is 31.5 Å². The molecule has 0 saturated heterocycles. The minimum Gasteiger partial charge on any atom is -0.0843 e. The number of halogens is 2. The zero-order chi connectivity index (χ0) is 7.56. The van der Waals surface area contributed by atoms with Crippen molar-refractivity contribution >= 4 is 27.5 Å². The summed E-state index contributed by atoms with van der Waals surface area (Å²) in [6.45, 7) is 1.98. The van der Waals surface area contributed by atoms with Gasteiger partial charge in [0.05, 0.1) is 0 Å². The van der Waals surface area contributed by atoms with Crippen molar-refractivity contribution in [2.45, 2.75) is 6.92 Å². The first kappa shape index (κ1) is 8.09. The molecule has 0 aliphatic carbocycles. The third kappa shape index (κ3) is 1.99. The van der Waals surface area contributed by atoms with Crippen molar-refractivity contribution in [1.82, 2.24) is 0 Å². The second-order valence-corrected chi connectivity index (χ2v) is 3.34. The lowest BCUT2D eigenvalue weighted by molar-refractivity contribution is 1.41. The highest BCUT2D eigenvalue weighted by Crippen LogP contribution is 2.20. The maximum absolute atomic E-state index is 5.78. The van der Waals surface area contributed by atoms with Crippen LogP contribution in [0.3, 0.4) is 0 Å². The molecule has 53 valence electrons. The van der Waals surface area contributed by atoms with Gasteiger partial charge in [0, 0.05) is 9.50 Å². The Morgan fingerprint density at radius 3 is 2.60 bits per heavy atom. The van der Waals surface area contributed by atoms with Gasteiger partial charge >= 0.3 is 0 Å². The first-order valence-corrected chi connectivity index (χ1v) is 4.15. The maximum Gasteiger partial charge on any atom is 0.0420 e. The van der Waals surface area contributed by atoms with Gasteiger partial charge in [-0.05, 0) is 30.2 Å². The molecule has 1 rings (SSSR count). The van der Waals surface area contributed by atoms with Crippen LogP contribution in [0.1, 0.15) is 12.5 Å². The van der Waals surface area contributed by atoms with Gasteiger partial charge in [0.15, 0.2) is 0 Å². The summed E-state index contributed by atoms with van der Waals surface area (Å²) in [5.74, 6) is 0. The van der Waals surface area contributed by atoms with Crippen LogP contribution in [0.2, 0.25) is 5.02 Å². The molecule has 10 heavy (non-hydrogen) atoms. The van der Waals surface area contributed by atoms with E-state index >= 15 is 0 Å². The van der Waals surface area contributed by atoms with E-state index in [-0.39, 0.29) is 0 Å². The van der Waals surface area contributed by atoms with Crippen LogP contribution in [0.4, 0.5) is 0 Å². The van der Waals surface area contributed by atoms with Crippen LogP contribution < -0.4 is 0 Å². The van der Waals surface area contributed by atoms with E-state index in [9.17, 15) is 0 Å². The van der Waals surface area contributed by atoms with Gasteiger partial charge in [0.1, 0.15) is 0 Å². The van der Waals surface area contributed by atoms with E-state index in [1.165, 1.54) is 0 Å². The van der Waals surface area contributed by atoms with Crippen LogP contribution in [0.25, 0.3) is 0 Å². The second-order valence-electron chi connectivity index (χ2n) is 1.99. The van der Waals surface area contributed by atoms with Crippen molar-refractivity contribution in [1.29, 1.82) is 0 Å². The molecule has 0 saturated carbocycles. The Bertz CT molecular complexity index is 212. The molecule has 0 aromatic heterocycles. The molecule has 0 heterocycles. The minimum absolute atomic E-state index is 0.766. The summed E-state index contributed by atoms with van der Waals surface area (Å²) < 4.78 is 1.02. The average Bonchev–Trinajstić information content (AvgIpc) is 1.85. The Kier molecular flexibility index (Phi) is 2.75. The molecule has 0 unspecified atom stereocenters. The van der Waals surface area contributed by atoms with E-state index in [1.54, 1.807) is 0 Å². The lowest BCUT2D eigenvalue weighted by Crippen LogP contribution is -1.76. The van der Waals surface area contributed by atoms with Gasteiger partial charge in [-0.2, -0.15) is 0 Å². The van der Waals surface area contributed by atoms with Crippen molar-refractivity contribution in [2.24, 2.45) is 0 Å². The van der Waals surface area contributed by atoms with Gasteiger partial charge in [-0.25, -0.2) is 0 Å². The van der Waals surface area contributed by atoms with E-state index < -0.39 is 0 Å². The third-order valence-corrected chi connectivity index (χ3v) is 1.89. The molecule has 0 spiro atoms. The fourth-order valence-electron chi connectivity index (χ4n) is 0.742. The molecule has 0 nitrogen and oxygen atoms in total. The van der Waals surface area contributed by atoms with Crippen LogP contribution in [-0.2, 0) is 0 Å². The van der Waals surface area contributed by atoms with Crippen LogP contribution >= 0.6 is 27.5 Å². The highest BCUT2D eigenvalue weighted by atomic mass is 79.9. The van der Waals surface area contributed by atoms with E-state index in [2.05, 4.69) is 15.9 Å². The summed E-state index contributed by atoms with van der Waals surface area (Å²) in [4.78, 5) is 0. The zero-order valence-corrected chi connectivity index (χ0v) is 7.91. The van der Waals surface area contributed by atoms with Gasteiger partial charge in [-0.15, -0.1) is 0 Å². The lowest BCUT2D eigenvalue weighted by atomic mass is 10.2. The van der Waals surface area contributed by atoms with Gasteiger partial charge in [-0.3, -0.25) is 0 Å². The van der Waals surface area contributed by atoms with Crippen LogP contribution in [0, 0.1) is 6.42 Å². The van der Waals surface area contributed by atoms with Crippen LogP contribution in [0.5, 0.6) is 0 Å². The normalized spacial score (nSPS) is 9.90. The minimum atomic E-state index is 0.766. The summed E-state index contributed by atoms with van der Waals surface area (Å²) in [6, 6.07) is 5.81. The van der Waals surface area contributed by atoms with Crippen LogP contribution in [-0.4, -0.2) is 0 Å². The molecule has 0 N–H and O–H groups in total. The molecule has 2 heteroatoms. The number of hydrogen-bond donors (Lipinski definition) is 0. The SMILES string of the molecule is C[CH]c1cc(Cl)cc(Br)c1. The number of benzene rings is 1. The second kappa shape index (κ2) is 3.40. The quantitative estimate of drug-likeness (QED) is 0.675. The fourth-order valence-corrected chi connectivity index (χ4v) is 1.63. The molecular formula is C8H7BrCl. The Hall–Kier alpha value is -0.0100. The first-order valence-electron chi connectivity index (χ1n) is 2.98. The first-order chi connectivity index (χ1) is 4.72. The summed E-state index contributed by atoms with van der Waals surface area (Å²) in [5, 5.41) is 0.766. The Labute approximate surface area is 74.3 Å². The van der Waals surface area contributed by atoms with E-state index in [0.29, 0.717) is 0 Å². The largest absolute Gasteiger partial charge is 0.0843 e. The van der Waals surface area contributed by atoms with Crippen molar-refractivity contribution in [2.75, 3.05) is 0 Å². The zero-order valence-electron chi connectivity index (χ0n) is 5.57. The Morgan fingerprint density at radius 2 is 2.10 bits per heavy atom. The summed E-state index contributed by atoms with van der Waals surface area (Å²) in [5.41, 5.74) is 1.14. The number of rotatable bonds is 1.